The quantitative estimate of drug-likeness (QED) is 0.428. The summed E-state index contributed by atoms with van der Waals surface area (Å²) in [5.74, 6) is 0.494. The summed E-state index contributed by atoms with van der Waals surface area (Å²) < 4.78 is 40.8. The van der Waals surface area contributed by atoms with Gasteiger partial charge in [-0.05, 0) is 18.6 Å². The van der Waals surface area contributed by atoms with Crippen LogP contribution >= 0.6 is 24.0 Å². The van der Waals surface area contributed by atoms with Gasteiger partial charge in [0.2, 0.25) is 0 Å². The molecule has 1 unspecified atom stereocenters. The van der Waals surface area contributed by atoms with Gasteiger partial charge in [-0.3, -0.25) is 4.99 Å². The fraction of sp³-hybridized carbons (Fsp3) is 0.500. The minimum atomic E-state index is -4.67. The second-order valence-corrected chi connectivity index (χ2v) is 4.94. The maximum absolute atomic E-state index is 12.3. The van der Waals surface area contributed by atoms with Gasteiger partial charge in [0.25, 0.3) is 0 Å². The van der Waals surface area contributed by atoms with E-state index in [4.69, 9.17) is 0 Å². The summed E-state index contributed by atoms with van der Waals surface area (Å²) in [4.78, 5) is 6.07. The molecule has 1 aliphatic rings. The zero-order valence-electron chi connectivity index (χ0n) is 12.9. The van der Waals surface area contributed by atoms with E-state index in [2.05, 4.69) is 20.4 Å². The molecule has 1 aromatic rings. The summed E-state index contributed by atoms with van der Waals surface area (Å²) in [6.45, 7) is 1.45. The smallest absolute Gasteiger partial charge is 0.406 e. The SMILES string of the molecule is CN=C(NC)NC1CCN(c2cccc(OC(F)(F)F)c2)C1.I. The van der Waals surface area contributed by atoms with Crippen LogP contribution in [-0.2, 0) is 0 Å². The van der Waals surface area contributed by atoms with Crippen LogP contribution in [0.3, 0.4) is 0 Å². The number of guanidine groups is 1. The monoisotopic (exact) mass is 444 g/mol. The van der Waals surface area contributed by atoms with Crippen LogP contribution in [0.15, 0.2) is 29.3 Å². The van der Waals surface area contributed by atoms with E-state index >= 15 is 0 Å². The number of benzene rings is 1. The van der Waals surface area contributed by atoms with E-state index in [0.717, 1.165) is 13.0 Å². The van der Waals surface area contributed by atoms with Crippen molar-refractivity contribution < 1.29 is 17.9 Å². The molecule has 0 spiro atoms. The predicted octanol–water partition coefficient (Wildman–Crippen LogP) is 2.58. The molecule has 1 aromatic carbocycles. The zero-order valence-corrected chi connectivity index (χ0v) is 15.2. The lowest BCUT2D eigenvalue weighted by Crippen LogP contribution is -2.43. The third-order valence-electron chi connectivity index (χ3n) is 3.41. The van der Waals surface area contributed by atoms with Gasteiger partial charge >= 0.3 is 6.36 Å². The molecule has 1 atom stereocenters. The van der Waals surface area contributed by atoms with E-state index in [1.165, 1.54) is 12.1 Å². The molecule has 2 N–H and O–H groups in total. The highest BCUT2D eigenvalue weighted by molar-refractivity contribution is 14.0. The van der Waals surface area contributed by atoms with Crippen LogP contribution in [0.1, 0.15) is 6.42 Å². The Morgan fingerprint density at radius 3 is 2.74 bits per heavy atom. The first-order valence-electron chi connectivity index (χ1n) is 6.93. The molecule has 0 aromatic heterocycles. The molecule has 130 valence electrons. The highest BCUT2D eigenvalue weighted by Crippen LogP contribution is 2.28. The Hall–Kier alpha value is -1.39. The van der Waals surface area contributed by atoms with Crippen molar-refractivity contribution in [2.45, 2.75) is 18.8 Å². The van der Waals surface area contributed by atoms with Crippen LogP contribution in [0.5, 0.6) is 5.75 Å². The first-order chi connectivity index (χ1) is 10.4. The van der Waals surface area contributed by atoms with E-state index in [1.807, 2.05) is 4.90 Å². The molecule has 23 heavy (non-hydrogen) atoms. The van der Waals surface area contributed by atoms with Crippen molar-refractivity contribution in [3.05, 3.63) is 24.3 Å². The maximum atomic E-state index is 12.3. The Kier molecular flexibility index (Phi) is 7.23. The zero-order chi connectivity index (χ0) is 16.2. The number of halogens is 4. The van der Waals surface area contributed by atoms with Crippen molar-refractivity contribution in [1.82, 2.24) is 10.6 Å². The van der Waals surface area contributed by atoms with Crippen molar-refractivity contribution in [2.24, 2.45) is 4.99 Å². The van der Waals surface area contributed by atoms with E-state index < -0.39 is 6.36 Å². The van der Waals surface area contributed by atoms with Gasteiger partial charge in [-0.25, -0.2) is 0 Å². The van der Waals surface area contributed by atoms with Crippen molar-refractivity contribution in [3.63, 3.8) is 0 Å². The number of nitrogens with one attached hydrogen (secondary N) is 2. The predicted molar refractivity (Wildman–Crippen MR) is 94.7 cm³/mol. The molecule has 0 radical (unpaired) electrons. The van der Waals surface area contributed by atoms with Crippen LogP contribution in [0, 0.1) is 0 Å². The number of alkyl halides is 3. The van der Waals surface area contributed by atoms with Gasteiger partial charge < -0.3 is 20.3 Å². The van der Waals surface area contributed by atoms with E-state index in [1.54, 1.807) is 26.2 Å². The third-order valence-corrected chi connectivity index (χ3v) is 3.41. The second kappa shape index (κ2) is 8.46. The van der Waals surface area contributed by atoms with Crippen molar-refractivity contribution in [1.29, 1.82) is 0 Å². The average molecular weight is 444 g/mol. The van der Waals surface area contributed by atoms with E-state index in [-0.39, 0.29) is 35.8 Å². The molecule has 2 rings (SSSR count). The molecular formula is C14H20F3IN4O. The number of anilines is 1. The van der Waals surface area contributed by atoms with Crippen LogP contribution in [0.2, 0.25) is 0 Å². The highest BCUT2D eigenvalue weighted by atomic mass is 127. The Morgan fingerprint density at radius 1 is 1.39 bits per heavy atom. The maximum Gasteiger partial charge on any atom is 0.573 e. The molecule has 1 saturated heterocycles. The minimum absolute atomic E-state index is 0. The topological polar surface area (TPSA) is 48.9 Å². The molecular weight excluding hydrogens is 424 g/mol. The van der Waals surface area contributed by atoms with Crippen LogP contribution < -0.4 is 20.3 Å². The number of hydrogen-bond acceptors (Lipinski definition) is 3. The Bertz CT molecular complexity index is 539. The second-order valence-electron chi connectivity index (χ2n) is 4.94. The van der Waals surface area contributed by atoms with Crippen molar-refractivity contribution >= 4 is 35.6 Å². The number of rotatable bonds is 3. The molecule has 0 bridgehead atoms. The van der Waals surface area contributed by atoms with Gasteiger partial charge in [0, 0.05) is 45.0 Å². The van der Waals surface area contributed by atoms with Crippen molar-refractivity contribution in [3.8, 4) is 5.75 Å². The summed E-state index contributed by atoms with van der Waals surface area (Å²) in [5, 5.41) is 6.20. The molecule has 1 fully saturated rings. The summed E-state index contributed by atoms with van der Waals surface area (Å²) in [6.07, 6.45) is -3.79. The third kappa shape index (κ3) is 5.96. The van der Waals surface area contributed by atoms with Gasteiger partial charge in [0.15, 0.2) is 5.96 Å². The average Bonchev–Trinajstić information content (AvgIpc) is 2.92. The summed E-state index contributed by atoms with van der Waals surface area (Å²) in [5.41, 5.74) is 0.713. The van der Waals surface area contributed by atoms with Crippen LogP contribution in [-0.4, -0.2) is 45.5 Å². The Balaban J connectivity index is 0.00000264. The fourth-order valence-corrected chi connectivity index (χ4v) is 2.43. The van der Waals surface area contributed by atoms with Gasteiger partial charge in [-0.1, -0.05) is 6.07 Å². The highest BCUT2D eigenvalue weighted by Gasteiger charge is 2.31. The summed E-state index contributed by atoms with van der Waals surface area (Å²) in [7, 11) is 3.46. The standard InChI is InChI=1S/C14H19F3N4O.HI/c1-18-13(19-2)20-10-6-7-21(9-10)11-4-3-5-12(8-11)22-14(15,16)17;/h3-5,8,10H,6-7,9H2,1-2H3,(H2,18,19,20);1H. The fourth-order valence-electron chi connectivity index (χ4n) is 2.43. The van der Waals surface area contributed by atoms with Gasteiger partial charge in [0.1, 0.15) is 5.75 Å². The molecule has 5 nitrogen and oxygen atoms in total. The van der Waals surface area contributed by atoms with Crippen LogP contribution in [0.25, 0.3) is 0 Å². The number of hydrogen-bond donors (Lipinski definition) is 2. The normalized spacial score (nSPS) is 18.4. The summed E-state index contributed by atoms with van der Waals surface area (Å²) >= 11 is 0. The molecule has 1 aliphatic heterocycles. The number of aliphatic imine (C=N–C) groups is 1. The summed E-state index contributed by atoms with van der Waals surface area (Å²) in [6, 6.07) is 6.23. The van der Waals surface area contributed by atoms with Gasteiger partial charge in [-0.15, -0.1) is 37.1 Å². The Labute approximate surface area is 150 Å². The van der Waals surface area contributed by atoms with Gasteiger partial charge in [-0.2, -0.15) is 0 Å². The number of ether oxygens (including phenoxy) is 1. The first kappa shape index (κ1) is 19.7. The van der Waals surface area contributed by atoms with E-state index in [0.29, 0.717) is 18.2 Å². The number of nitrogens with zero attached hydrogens (tertiary/aromatic N) is 2. The molecule has 0 aliphatic carbocycles. The molecule has 0 saturated carbocycles. The van der Waals surface area contributed by atoms with E-state index in [9.17, 15) is 13.2 Å². The van der Waals surface area contributed by atoms with Crippen molar-refractivity contribution in [2.75, 3.05) is 32.1 Å². The lowest BCUT2D eigenvalue weighted by molar-refractivity contribution is -0.274. The minimum Gasteiger partial charge on any atom is -0.406 e. The van der Waals surface area contributed by atoms with Crippen LogP contribution in [0.4, 0.5) is 18.9 Å². The molecule has 1 heterocycles. The first-order valence-corrected chi connectivity index (χ1v) is 6.93. The molecule has 9 heteroatoms. The lowest BCUT2D eigenvalue weighted by atomic mass is 10.2. The molecule has 0 amide bonds. The lowest BCUT2D eigenvalue weighted by Gasteiger charge is -2.20. The van der Waals surface area contributed by atoms with Gasteiger partial charge in [0.05, 0.1) is 0 Å². The Morgan fingerprint density at radius 2 is 2.13 bits per heavy atom. The largest absolute Gasteiger partial charge is 0.573 e.